The normalized spacial score (nSPS) is 25.9. The molecule has 1 nitrogen and oxygen atoms in total. The van der Waals surface area contributed by atoms with Gasteiger partial charge in [-0.3, -0.25) is 4.79 Å². The van der Waals surface area contributed by atoms with E-state index in [4.69, 9.17) is 0 Å². The third kappa shape index (κ3) is 3.81. The minimum absolute atomic E-state index is 0.402. The summed E-state index contributed by atoms with van der Waals surface area (Å²) in [5.41, 5.74) is 0. The summed E-state index contributed by atoms with van der Waals surface area (Å²) in [6, 6.07) is 0. The Bertz CT molecular complexity index is 174. The van der Waals surface area contributed by atoms with E-state index in [2.05, 4.69) is 13.8 Å². The molecule has 2 unspecified atom stereocenters. The zero-order chi connectivity index (χ0) is 10.4. The number of Topliss-reactive ketones (excluding diaryl/α,β-unsaturated/α-hetero) is 1. The fraction of sp³-hybridized carbons (Fsp3) is 0.923. The molecule has 2 atom stereocenters. The molecule has 0 aromatic rings. The lowest BCUT2D eigenvalue weighted by molar-refractivity contribution is -0.123. The molecule has 0 aliphatic heterocycles. The highest BCUT2D eigenvalue weighted by molar-refractivity contribution is 5.81. The van der Waals surface area contributed by atoms with E-state index in [9.17, 15) is 4.79 Å². The third-order valence-corrected chi connectivity index (χ3v) is 3.40. The Morgan fingerprint density at radius 3 is 2.86 bits per heavy atom. The van der Waals surface area contributed by atoms with E-state index < -0.39 is 0 Å². The predicted molar refractivity (Wildman–Crippen MR) is 60.3 cm³/mol. The van der Waals surface area contributed by atoms with Crippen molar-refractivity contribution in [3.05, 3.63) is 0 Å². The largest absolute Gasteiger partial charge is 0.299 e. The Kier molecular flexibility index (Phi) is 5.21. The first-order chi connectivity index (χ1) is 6.74. The number of rotatable bonds is 4. The zero-order valence-electron chi connectivity index (χ0n) is 9.72. The van der Waals surface area contributed by atoms with Crippen molar-refractivity contribution in [1.82, 2.24) is 0 Å². The van der Waals surface area contributed by atoms with Gasteiger partial charge in [0.2, 0.25) is 0 Å². The highest BCUT2D eigenvalue weighted by Gasteiger charge is 2.22. The standard InChI is InChI=1S/C13H24O/c1-3-7-11(2)10-12-8-5-4-6-9-13(12)14/h11-12H,3-10H2,1-2H3. The molecule has 0 amide bonds. The van der Waals surface area contributed by atoms with Crippen molar-refractivity contribution in [1.29, 1.82) is 0 Å². The van der Waals surface area contributed by atoms with Crippen molar-refractivity contribution < 1.29 is 4.79 Å². The van der Waals surface area contributed by atoms with Gasteiger partial charge in [0.25, 0.3) is 0 Å². The molecule has 0 aromatic heterocycles. The third-order valence-electron chi connectivity index (χ3n) is 3.40. The summed E-state index contributed by atoms with van der Waals surface area (Å²) in [5.74, 6) is 1.69. The van der Waals surface area contributed by atoms with Crippen LogP contribution in [0, 0.1) is 11.8 Å². The molecule has 0 spiro atoms. The van der Waals surface area contributed by atoms with Crippen molar-refractivity contribution in [2.75, 3.05) is 0 Å². The minimum Gasteiger partial charge on any atom is -0.299 e. The Morgan fingerprint density at radius 2 is 2.14 bits per heavy atom. The Morgan fingerprint density at radius 1 is 1.36 bits per heavy atom. The van der Waals surface area contributed by atoms with Crippen LogP contribution < -0.4 is 0 Å². The number of hydrogen-bond acceptors (Lipinski definition) is 1. The van der Waals surface area contributed by atoms with E-state index in [0.29, 0.717) is 11.7 Å². The number of carbonyl (C=O) groups is 1. The molecule has 1 heteroatoms. The second kappa shape index (κ2) is 6.21. The number of carbonyl (C=O) groups excluding carboxylic acids is 1. The van der Waals surface area contributed by atoms with Crippen molar-refractivity contribution >= 4 is 5.78 Å². The molecule has 14 heavy (non-hydrogen) atoms. The molecular weight excluding hydrogens is 172 g/mol. The van der Waals surface area contributed by atoms with E-state index >= 15 is 0 Å². The fourth-order valence-electron chi connectivity index (χ4n) is 2.58. The zero-order valence-corrected chi connectivity index (χ0v) is 9.72. The van der Waals surface area contributed by atoms with Crippen molar-refractivity contribution in [3.8, 4) is 0 Å². The van der Waals surface area contributed by atoms with Gasteiger partial charge >= 0.3 is 0 Å². The van der Waals surface area contributed by atoms with Gasteiger partial charge in [-0.15, -0.1) is 0 Å². The number of hydrogen-bond donors (Lipinski definition) is 0. The lowest BCUT2D eigenvalue weighted by Gasteiger charge is -2.17. The molecular formula is C13H24O. The second-order valence-corrected chi connectivity index (χ2v) is 4.89. The van der Waals surface area contributed by atoms with Crippen LogP contribution in [0.15, 0.2) is 0 Å². The molecule has 0 bridgehead atoms. The first-order valence-electron chi connectivity index (χ1n) is 6.26. The second-order valence-electron chi connectivity index (χ2n) is 4.89. The summed E-state index contributed by atoms with van der Waals surface area (Å²) < 4.78 is 0. The molecule has 1 rings (SSSR count). The fourth-order valence-corrected chi connectivity index (χ4v) is 2.58. The molecule has 0 aromatic carbocycles. The molecule has 0 N–H and O–H groups in total. The molecule has 0 heterocycles. The highest BCUT2D eigenvalue weighted by Crippen LogP contribution is 2.27. The van der Waals surface area contributed by atoms with E-state index in [0.717, 1.165) is 31.6 Å². The van der Waals surface area contributed by atoms with Crippen LogP contribution in [0.1, 0.15) is 65.2 Å². The van der Waals surface area contributed by atoms with Gasteiger partial charge in [0.1, 0.15) is 5.78 Å². The van der Waals surface area contributed by atoms with Crippen LogP contribution >= 0.6 is 0 Å². The molecule has 1 aliphatic rings. The summed E-state index contributed by atoms with van der Waals surface area (Å²) >= 11 is 0. The SMILES string of the molecule is CCCC(C)CC1CCCCCC1=O. The van der Waals surface area contributed by atoms with Gasteiger partial charge in [-0.05, 0) is 25.2 Å². The van der Waals surface area contributed by atoms with Gasteiger partial charge in [0.05, 0.1) is 0 Å². The van der Waals surface area contributed by atoms with Crippen molar-refractivity contribution in [2.45, 2.75) is 65.2 Å². The number of ketones is 1. The van der Waals surface area contributed by atoms with Crippen LogP contribution in [-0.2, 0) is 4.79 Å². The topological polar surface area (TPSA) is 17.1 Å². The van der Waals surface area contributed by atoms with Crippen LogP contribution in [0.25, 0.3) is 0 Å². The maximum Gasteiger partial charge on any atom is 0.135 e. The first-order valence-corrected chi connectivity index (χ1v) is 6.26. The van der Waals surface area contributed by atoms with E-state index in [1.165, 1.54) is 25.7 Å². The van der Waals surface area contributed by atoms with Crippen molar-refractivity contribution in [3.63, 3.8) is 0 Å². The molecule has 1 fully saturated rings. The Balaban J connectivity index is 2.36. The Labute approximate surface area is 88.3 Å². The van der Waals surface area contributed by atoms with Crippen LogP contribution in [-0.4, -0.2) is 5.78 Å². The molecule has 0 radical (unpaired) electrons. The van der Waals surface area contributed by atoms with Crippen LogP contribution in [0.4, 0.5) is 0 Å². The van der Waals surface area contributed by atoms with Crippen molar-refractivity contribution in [2.24, 2.45) is 11.8 Å². The van der Waals surface area contributed by atoms with E-state index in [1.807, 2.05) is 0 Å². The Hall–Kier alpha value is -0.330. The lowest BCUT2D eigenvalue weighted by atomic mass is 9.87. The molecule has 82 valence electrons. The minimum atomic E-state index is 0.402. The summed E-state index contributed by atoms with van der Waals surface area (Å²) in [6.07, 6.45) is 9.37. The van der Waals surface area contributed by atoms with E-state index in [-0.39, 0.29) is 0 Å². The van der Waals surface area contributed by atoms with E-state index in [1.54, 1.807) is 0 Å². The van der Waals surface area contributed by atoms with Crippen LogP contribution in [0.3, 0.4) is 0 Å². The van der Waals surface area contributed by atoms with Gasteiger partial charge < -0.3 is 0 Å². The molecule has 0 saturated heterocycles. The van der Waals surface area contributed by atoms with Crippen LogP contribution in [0.5, 0.6) is 0 Å². The van der Waals surface area contributed by atoms with Gasteiger partial charge in [-0.1, -0.05) is 39.5 Å². The maximum absolute atomic E-state index is 11.8. The predicted octanol–water partition coefficient (Wildman–Crippen LogP) is 3.96. The average molecular weight is 196 g/mol. The van der Waals surface area contributed by atoms with Gasteiger partial charge in [-0.25, -0.2) is 0 Å². The summed E-state index contributed by atoms with van der Waals surface area (Å²) in [5, 5.41) is 0. The highest BCUT2D eigenvalue weighted by atomic mass is 16.1. The smallest absolute Gasteiger partial charge is 0.135 e. The summed E-state index contributed by atoms with van der Waals surface area (Å²) in [6.45, 7) is 4.52. The summed E-state index contributed by atoms with van der Waals surface area (Å²) in [4.78, 5) is 11.8. The lowest BCUT2D eigenvalue weighted by Crippen LogP contribution is -2.15. The van der Waals surface area contributed by atoms with Crippen LogP contribution in [0.2, 0.25) is 0 Å². The monoisotopic (exact) mass is 196 g/mol. The quantitative estimate of drug-likeness (QED) is 0.622. The van der Waals surface area contributed by atoms with Gasteiger partial charge in [0, 0.05) is 12.3 Å². The average Bonchev–Trinajstić information content (AvgIpc) is 2.33. The molecule has 1 saturated carbocycles. The molecule has 1 aliphatic carbocycles. The maximum atomic E-state index is 11.8. The first kappa shape index (κ1) is 11.7. The van der Waals surface area contributed by atoms with Gasteiger partial charge in [-0.2, -0.15) is 0 Å². The summed E-state index contributed by atoms with van der Waals surface area (Å²) in [7, 11) is 0. The van der Waals surface area contributed by atoms with Gasteiger partial charge in [0.15, 0.2) is 0 Å².